The Hall–Kier alpha value is -0.280. The zero-order valence-corrected chi connectivity index (χ0v) is 9.85. The zero-order valence-electron chi connectivity index (χ0n) is 9.03. The molecule has 3 nitrogen and oxygen atoms in total. The molecular formula is C10H22ClNO2. The smallest absolute Gasteiger partial charge is 0.320 e. The van der Waals surface area contributed by atoms with Gasteiger partial charge in [0.15, 0.2) is 0 Å². The standard InChI is InChI=1S/C10H21NO2.ClH/c1-3-4-5-6-7-8(2)9(11)10(12)13;/h8-9H,3-7,11H2,1-2H3,(H,12,13);1H/t8?,9-;/m1./s1. The van der Waals surface area contributed by atoms with Crippen LogP contribution in [0.15, 0.2) is 0 Å². The first kappa shape index (κ1) is 16.2. The van der Waals surface area contributed by atoms with Crippen molar-refractivity contribution in [1.29, 1.82) is 0 Å². The summed E-state index contributed by atoms with van der Waals surface area (Å²) in [6, 6.07) is -0.693. The number of rotatable bonds is 7. The van der Waals surface area contributed by atoms with Crippen molar-refractivity contribution in [2.24, 2.45) is 11.7 Å². The van der Waals surface area contributed by atoms with Crippen LogP contribution in [0.25, 0.3) is 0 Å². The molecule has 0 fully saturated rings. The molecular weight excluding hydrogens is 202 g/mol. The fourth-order valence-electron chi connectivity index (χ4n) is 1.32. The van der Waals surface area contributed by atoms with Crippen molar-refractivity contribution < 1.29 is 9.90 Å². The summed E-state index contributed by atoms with van der Waals surface area (Å²) < 4.78 is 0. The minimum Gasteiger partial charge on any atom is -0.480 e. The molecule has 0 spiro atoms. The summed E-state index contributed by atoms with van der Waals surface area (Å²) in [6.45, 7) is 4.07. The van der Waals surface area contributed by atoms with Gasteiger partial charge in [-0.1, -0.05) is 39.5 Å². The van der Waals surface area contributed by atoms with Crippen molar-refractivity contribution in [2.45, 2.75) is 52.0 Å². The van der Waals surface area contributed by atoms with Gasteiger partial charge in [-0.05, 0) is 12.3 Å². The summed E-state index contributed by atoms with van der Waals surface area (Å²) in [4.78, 5) is 10.5. The van der Waals surface area contributed by atoms with E-state index in [1.54, 1.807) is 0 Å². The topological polar surface area (TPSA) is 63.3 Å². The molecule has 86 valence electrons. The van der Waals surface area contributed by atoms with E-state index in [0.717, 1.165) is 12.8 Å². The summed E-state index contributed by atoms with van der Waals surface area (Å²) in [5.41, 5.74) is 5.48. The average molecular weight is 224 g/mol. The molecule has 0 heterocycles. The Morgan fingerprint density at radius 3 is 2.36 bits per heavy atom. The van der Waals surface area contributed by atoms with E-state index < -0.39 is 12.0 Å². The predicted octanol–water partition coefficient (Wildman–Crippen LogP) is 2.43. The maximum atomic E-state index is 10.5. The molecule has 4 heteroatoms. The van der Waals surface area contributed by atoms with Gasteiger partial charge >= 0.3 is 5.97 Å². The van der Waals surface area contributed by atoms with Gasteiger partial charge in [0.1, 0.15) is 6.04 Å². The second-order valence-corrected chi connectivity index (χ2v) is 3.69. The molecule has 0 amide bonds. The third-order valence-corrected chi connectivity index (χ3v) is 2.41. The molecule has 3 N–H and O–H groups in total. The fourth-order valence-corrected chi connectivity index (χ4v) is 1.32. The van der Waals surface area contributed by atoms with Crippen LogP contribution in [0.1, 0.15) is 46.0 Å². The quantitative estimate of drug-likeness (QED) is 0.652. The lowest BCUT2D eigenvalue weighted by atomic mass is 9.96. The van der Waals surface area contributed by atoms with E-state index in [1.165, 1.54) is 19.3 Å². The van der Waals surface area contributed by atoms with Gasteiger partial charge in [0.05, 0.1) is 0 Å². The number of nitrogens with two attached hydrogens (primary N) is 1. The molecule has 0 saturated heterocycles. The van der Waals surface area contributed by atoms with E-state index in [1.807, 2.05) is 6.92 Å². The minimum absolute atomic E-state index is 0. The number of aliphatic carboxylic acids is 1. The first-order chi connectivity index (χ1) is 6.09. The molecule has 0 saturated carbocycles. The van der Waals surface area contributed by atoms with Crippen LogP contribution in [-0.4, -0.2) is 17.1 Å². The Labute approximate surface area is 92.5 Å². The largest absolute Gasteiger partial charge is 0.480 e. The molecule has 0 aliphatic rings. The highest BCUT2D eigenvalue weighted by Gasteiger charge is 2.18. The number of hydrogen-bond donors (Lipinski definition) is 2. The highest BCUT2D eigenvalue weighted by Crippen LogP contribution is 2.12. The Kier molecular flexibility index (Phi) is 10.7. The summed E-state index contributed by atoms with van der Waals surface area (Å²) in [5, 5.41) is 8.63. The molecule has 0 radical (unpaired) electrons. The molecule has 2 atom stereocenters. The van der Waals surface area contributed by atoms with E-state index in [-0.39, 0.29) is 18.3 Å². The molecule has 1 unspecified atom stereocenters. The maximum absolute atomic E-state index is 10.5. The monoisotopic (exact) mass is 223 g/mol. The van der Waals surface area contributed by atoms with Crippen molar-refractivity contribution in [3.05, 3.63) is 0 Å². The third kappa shape index (κ3) is 7.15. The lowest BCUT2D eigenvalue weighted by Crippen LogP contribution is -2.36. The van der Waals surface area contributed by atoms with Crippen LogP contribution in [0.4, 0.5) is 0 Å². The van der Waals surface area contributed by atoms with Gasteiger partial charge < -0.3 is 10.8 Å². The lowest BCUT2D eigenvalue weighted by molar-refractivity contribution is -0.139. The molecule has 14 heavy (non-hydrogen) atoms. The average Bonchev–Trinajstić information content (AvgIpc) is 2.10. The number of hydrogen-bond acceptors (Lipinski definition) is 2. The van der Waals surface area contributed by atoms with Crippen molar-refractivity contribution in [1.82, 2.24) is 0 Å². The molecule has 0 aromatic carbocycles. The van der Waals surface area contributed by atoms with Crippen LogP contribution in [0.3, 0.4) is 0 Å². The Morgan fingerprint density at radius 2 is 1.93 bits per heavy atom. The minimum atomic E-state index is -0.886. The third-order valence-electron chi connectivity index (χ3n) is 2.41. The Bertz CT molecular complexity index is 153. The van der Waals surface area contributed by atoms with Gasteiger partial charge in [0.25, 0.3) is 0 Å². The summed E-state index contributed by atoms with van der Waals surface area (Å²) in [6.07, 6.45) is 5.64. The van der Waals surface area contributed by atoms with Gasteiger partial charge in [0.2, 0.25) is 0 Å². The lowest BCUT2D eigenvalue weighted by Gasteiger charge is -2.15. The highest BCUT2D eigenvalue weighted by atomic mass is 35.5. The van der Waals surface area contributed by atoms with E-state index in [4.69, 9.17) is 10.8 Å². The molecule has 0 bridgehead atoms. The number of carbonyl (C=O) groups is 1. The van der Waals surface area contributed by atoms with Gasteiger partial charge in [-0.3, -0.25) is 4.79 Å². The van der Waals surface area contributed by atoms with E-state index in [9.17, 15) is 4.79 Å². The van der Waals surface area contributed by atoms with Gasteiger partial charge in [-0.25, -0.2) is 0 Å². The summed E-state index contributed by atoms with van der Waals surface area (Å²) in [5.74, 6) is -0.794. The normalized spacial score (nSPS) is 14.2. The predicted molar refractivity (Wildman–Crippen MR) is 60.8 cm³/mol. The Morgan fingerprint density at radius 1 is 1.36 bits per heavy atom. The van der Waals surface area contributed by atoms with Crippen LogP contribution < -0.4 is 5.73 Å². The second-order valence-electron chi connectivity index (χ2n) is 3.69. The van der Waals surface area contributed by atoms with Crippen LogP contribution >= 0.6 is 12.4 Å². The number of halogens is 1. The summed E-state index contributed by atoms with van der Waals surface area (Å²) >= 11 is 0. The fraction of sp³-hybridized carbons (Fsp3) is 0.900. The van der Waals surface area contributed by atoms with Crippen molar-refractivity contribution in [3.8, 4) is 0 Å². The molecule has 0 aliphatic heterocycles. The van der Waals surface area contributed by atoms with Crippen LogP contribution in [0.5, 0.6) is 0 Å². The van der Waals surface area contributed by atoms with E-state index >= 15 is 0 Å². The Balaban J connectivity index is 0. The van der Waals surface area contributed by atoms with Gasteiger partial charge in [0, 0.05) is 0 Å². The number of unbranched alkanes of at least 4 members (excludes halogenated alkanes) is 3. The van der Waals surface area contributed by atoms with E-state index in [0.29, 0.717) is 0 Å². The van der Waals surface area contributed by atoms with Gasteiger partial charge in [-0.15, -0.1) is 12.4 Å². The number of carboxylic acids is 1. The SMILES string of the molecule is CCCCCCC(C)[C@@H](N)C(=O)O.Cl. The first-order valence-electron chi connectivity index (χ1n) is 5.08. The van der Waals surface area contributed by atoms with Crippen molar-refractivity contribution >= 4 is 18.4 Å². The molecule has 0 aromatic rings. The van der Waals surface area contributed by atoms with Crippen molar-refractivity contribution in [3.63, 3.8) is 0 Å². The highest BCUT2D eigenvalue weighted by molar-refractivity contribution is 5.85. The number of carboxylic acid groups (broad SMARTS) is 1. The molecule has 0 aliphatic carbocycles. The molecule has 0 aromatic heterocycles. The summed E-state index contributed by atoms with van der Waals surface area (Å²) in [7, 11) is 0. The van der Waals surface area contributed by atoms with Crippen LogP contribution in [0.2, 0.25) is 0 Å². The first-order valence-corrected chi connectivity index (χ1v) is 5.08. The van der Waals surface area contributed by atoms with Crippen LogP contribution in [0, 0.1) is 5.92 Å². The molecule has 0 rings (SSSR count). The maximum Gasteiger partial charge on any atom is 0.320 e. The van der Waals surface area contributed by atoms with Crippen molar-refractivity contribution in [2.75, 3.05) is 0 Å². The van der Waals surface area contributed by atoms with Gasteiger partial charge in [-0.2, -0.15) is 0 Å². The van der Waals surface area contributed by atoms with E-state index in [2.05, 4.69) is 6.92 Å². The zero-order chi connectivity index (χ0) is 10.3. The second kappa shape index (κ2) is 9.28. The van der Waals surface area contributed by atoms with Crippen LogP contribution in [-0.2, 0) is 4.79 Å².